The molecule has 7 nitrogen and oxygen atoms in total. The third-order valence-electron chi connectivity index (χ3n) is 5.69. The average molecular weight is 462 g/mol. The number of nitrogens with zero attached hydrogens (tertiary/aromatic N) is 4. The summed E-state index contributed by atoms with van der Waals surface area (Å²) in [5.74, 6) is -3.07. The average Bonchev–Trinajstić information content (AvgIpc) is 3.33. The fraction of sp³-hybridized carbons (Fsp3) is 0.550. The number of aliphatic carboxylic acids is 1. The van der Waals surface area contributed by atoms with E-state index in [1.165, 1.54) is 0 Å². The van der Waals surface area contributed by atoms with Gasteiger partial charge in [-0.1, -0.05) is 0 Å². The van der Waals surface area contributed by atoms with Crippen molar-refractivity contribution in [3.8, 4) is 0 Å². The number of aromatic nitrogens is 2. The fourth-order valence-electron chi connectivity index (χ4n) is 4.06. The Morgan fingerprint density at radius 1 is 1.19 bits per heavy atom. The van der Waals surface area contributed by atoms with Crippen molar-refractivity contribution < 1.29 is 36.3 Å². The number of hydrogen-bond donors (Lipinski definition) is 1. The predicted molar refractivity (Wildman–Crippen MR) is 103 cm³/mol. The molecule has 2 aliphatic rings. The minimum Gasteiger partial charge on any atom is -0.475 e. The maximum absolute atomic E-state index is 14.9. The SMILES string of the molecule is Cc1ccc(CN2CCC(F)(F)C3(CCN(c4cnccn4)C3)C2)o1.O=C(O)C(F)(F)F. The van der Waals surface area contributed by atoms with Crippen molar-refractivity contribution in [2.24, 2.45) is 5.41 Å². The van der Waals surface area contributed by atoms with Crippen LogP contribution in [0.15, 0.2) is 35.1 Å². The van der Waals surface area contributed by atoms with E-state index in [0.29, 0.717) is 45.0 Å². The van der Waals surface area contributed by atoms with E-state index in [1.807, 2.05) is 24.0 Å². The van der Waals surface area contributed by atoms with Gasteiger partial charge in [-0.3, -0.25) is 9.88 Å². The minimum absolute atomic E-state index is 0.110. The zero-order valence-electron chi connectivity index (χ0n) is 17.3. The molecule has 4 heterocycles. The number of likely N-dealkylation sites (tertiary alicyclic amines) is 1. The molecule has 0 aliphatic carbocycles. The fourth-order valence-corrected chi connectivity index (χ4v) is 4.06. The Kier molecular flexibility index (Phi) is 6.72. The number of carboxylic acid groups (broad SMARTS) is 1. The number of aryl methyl sites for hydroxylation is 1. The molecule has 0 radical (unpaired) electrons. The van der Waals surface area contributed by atoms with E-state index in [1.54, 1.807) is 18.6 Å². The number of anilines is 1. The van der Waals surface area contributed by atoms with Crippen molar-refractivity contribution in [2.45, 2.75) is 38.4 Å². The molecule has 2 aromatic heterocycles. The van der Waals surface area contributed by atoms with Crippen LogP contribution in [0.1, 0.15) is 24.4 Å². The Balaban J connectivity index is 0.000000360. The van der Waals surface area contributed by atoms with Crippen LogP contribution in [-0.4, -0.2) is 64.2 Å². The first kappa shape index (κ1) is 23.9. The van der Waals surface area contributed by atoms with Crippen molar-refractivity contribution in [1.82, 2.24) is 14.9 Å². The first-order valence-corrected chi connectivity index (χ1v) is 9.88. The summed E-state index contributed by atoms with van der Waals surface area (Å²) in [7, 11) is 0. The topological polar surface area (TPSA) is 82.7 Å². The van der Waals surface area contributed by atoms with E-state index in [0.717, 1.165) is 11.5 Å². The summed E-state index contributed by atoms with van der Waals surface area (Å²) in [6.45, 7) is 4.13. The normalized spacial score (nSPS) is 23.1. The highest BCUT2D eigenvalue weighted by Gasteiger charge is 2.59. The highest BCUT2D eigenvalue weighted by atomic mass is 19.4. The van der Waals surface area contributed by atoms with Crippen LogP contribution in [0, 0.1) is 12.3 Å². The van der Waals surface area contributed by atoms with E-state index in [9.17, 15) is 22.0 Å². The Morgan fingerprint density at radius 2 is 1.91 bits per heavy atom. The van der Waals surface area contributed by atoms with Crippen LogP contribution in [-0.2, 0) is 11.3 Å². The number of carboxylic acids is 1. The number of alkyl halides is 5. The van der Waals surface area contributed by atoms with Gasteiger partial charge in [0.15, 0.2) is 0 Å². The van der Waals surface area contributed by atoms with Crippen molar-refractivity contribution >= 4 is 11.8 Å². The second kappa shape index (κ2) is 9.00. The van der Waals surface area contributed by atoms with Gasteiger partial charge in [0.2, 0.25) is 0 Å². The van der Waals surface area contributed by atoms with Gasteiger partial charge in [0, 0.05) is 45.0 Å². The number of piperidine rings is 1. The molecule has 2 saturated heterocycles. The Hall–Kier alpha value is -2.76. The molecule has 1 N–H and O–H groups in total. The van der Waals surface area contributed by atoms with Crippen LogP contribution in [0.4, 0.5) is 27.8 Å². The maximum Gasteiger partial charge on any atom is 0.490 e. The number of furan rings is 1. The molecule has 0 aromatic carbocycles. The first-order valence-electron chi connectivity index (χ1n) is 9.88. The third-order valence-corrected chi connectivity index (χ3v) is 5.69. The lowest BCUT2D eigenvalue weighted by molar-refractivity contribution is -0.192. The van der Waals surface area contributed by atoms with Crippen LogP contribution in [0.2, 0.25) is 0 Å². The van der Waals surface area contributed by atoms with E-state index < -0.39 is 23.5 Å². The van der Waals surface area contributed by atoms with Gasteiger partial charge in [-0.2, -0.15) is 13.2 Å². The summed E-state index contributed by atoms with van der Waals surface area (Å²) in [6, 6.07) is 3.84. The Bertz CT molecular complexity index is 921. The second-order valence-electron chi connectivity index (χ2n) is 8.00. The number of hydrogen-bond acceptors (Lipinski definition) is 6. The molecule has 4 rings (SSSR count). The molecule has 2 aliphatic heterocycles. The van der Waals surface area contributed by atoms with Gasteiger partial charge in [0.1, 0.15) is 17.3 Å². The molecule has 0 saturated carbocycles. The van der Waals surface area contributed by atoms with Gasteiger partial charge in [0.05, 0.1) is 18.2 Å². The molecule has 0 bridgehead atoms. The molecule has 12 heteroatoms. The minimum atomic E-state index is -5.08. The molecular formula is C20H23F5N4O3. The van der Waals surface area contributed by atoms with Crippen molar-refractivity contribution in [3.63, 3.8) is 0 Å². The molecule has 32 heavy (non-hydrogen) atoms. The lowest BCUT2D eigenvalue weighted by Crippen LogP contribution is -2.56. The molecule has 1 spiro atoms. The van der Waals surface area contributed by atoms with Gasteiger partial charge >= 0.3 is 12.1 Å². The third kappa shape index (κ3) is 5.34. The summed E-state index contributed by atoms with van der Waals surface area (Å²) >= 11 is 0. The zero-order valence-corrected chi connectivity index (χ0v) is 17.3. The van der Waals surface area contributed by atoms with Crippen LogP contribution in [0.5, 0.6) is 0 Å². The highest BCUT2D eigenvalue weighted by molar-refractivity contribution is 5.73. The Labute approximate surface area is 180 Å². The van der Waals surface area contributed by atoms with E-state index in [-0.39, 0.29) is 6.42 Å². The molecule has 1 unspecified atom stereocenters. The molecule has 2 aromatic rings. The van der Waals surface area contributed by atoms with Crippen LogP contribution < -0.4 is 4.90 Å². The zero-order chi connectivity index (χ0) is 23.6. The van der Waals surface area contributed by atoms with Crippen molar-refractivity contribution in [2.75, 3.05) is 31.1 Å². The predicted octanol–water partition coefficient (Wildman–Crippen LogP) is 3.75. The smallest absolute Gasteiger partial charge is 0.475 e. The second-order valence-corrected chi connectivity index (χ2v) is 8.00. The molecular weight excluding hydrogens is 439 g/mol. The molecule has 0 amide bonds. The number of carbonyl (C=O) groups is 1. The Morgan fingerprint density at radius 3 is 2.47 bits per heavy atom. The summed E-state index contributed by atoms with van der Waals surface area (Å²) in [6.07, 6.45) is 0.108. The standard InChI is InChI=1S/C18H22F2N4O.C2HF3O2/c1-14-2-3-15(25-14)11-23-8-5-18(19,20)17(12-23)4-9-24(13-17)16-10-21-6-7-22-16;3-2(4,5)1(6)7/h2-3,6-7,10H,4-5,8-9,11-13H2,1H3;(H,6,7). The van der Waals surface area contributed by atoms with E-state index in [2.05, 4.69) is 14.9 Å². The molecule has 1 atom stereocenters. The number of rotatable bonds is 3. The lowest BCUT2D eigenvalue weighted by Gasteiger charge is -2.45. The van der Waals surface area contributed by atoms with E-state index in [4.69, 9.17) is 14.3 Å². The van der Waals surface area contributed by atoms with Gasteiger partial charge in [-0.15, -0.1) is 0 Å². The van der Waals surface area contributed by atoms with Crippen LogP contribution in [0.3, 0.4) is 0 Å². The quantitative estimate of drug-likeness (QED) is 0.696. The molecule has 176 valence electrons. The highest BCUT2D eigenvalue weighted by Crippen LogP contribution is 2.50. The summed E-state index contributed by atoms with van der Waals surface area (Å²) < 4.78 is 67.1. The van der Waals surface area contributed by atoms with Gasteiger partial charge in [0.25, 0.3) is 5.92 Å². The summed E-state index contributed by atoms with van der Waals surface area (Å²) in [5, 5.41) is 7.12. The van der Waals surface area contributed by atoms with Gasteiger partial charge < -0.3 is 14.4 Å². The lowest BCUT2D eigenvalue weighted by atomic mass is 9.75. The van der Waals surface area contributed by atoms with Gasteiger partial charge in [-0.25, -0.2) is 18.6 Å². The van der Waals surface area contributed by atoms with Crippen molar-refractivity contribution in [1.29, 1.82) is 0 Å². The largest absolute Gasteiger partial charge is 0.490 e. The van der Waals surface area contributed by atoms with E-state index >= 15 is 0 Å². The van der Waals surface area contributed by atoms with Gasteiger partial charge in [-0.05, 0) is 25.5 Å². The summed E-state index contributed by atoms with van der Waals surface area (Å²) in [4.78, 5) is 21.2. The summed E-state index contributed by atoms with van der Waals surface area (Å²) in [5.41, 5.74) is -1.04. The first-order chi connectivity index (χ1) is 14.9. The monoisotopic (exact) mass is 462 g/mol. The number of halogens is 5. The van der Waals surface area contributed by atoms with Crippen LogP contribution >= 0.6 is 0 Å². The van der Waals surface area contributed by atoms with Crippen LogP contribution in [0.25, 0.3) is 0 Å². The maximum atomic E-state index is 14.9. The molecule has 2 fully saturated rings. The van der Waals surface area contributed by atoms with Crippen molar-refractivity contribution in [3.05, 3.63) is 42.2 Å².